The predicted molar refractivity (Wildman–Crippen MR) is 91.0 cm³/mol. The summed E-state index contributed by atoms with van der Waals surface area (Å²) in [4.78, 5) is 14.7. The third kappa shape index (κ3) is 3.57. The van der Waals surface area contributed by atoms with Crippen molar-refractivity contribution < 1.29 is 14.3 Å². The lowest BCUT2D eigenvalue weighted by molar-refractivity contribution is -0.123. The van der Waals surface area contributed by atoms with Crippen LogP contribution in [0.4, 0.5) is 0 Å². The topological polar surface area (TPSA) is 50.8 Å². The van der Waals surface area contributed by atoms with Crippen molar-refractivity contribution in [1.29, 1.82) is 0 Å². The number of carbonyl (C=O) groups excluding carboxylic acids is 1. The second-order valence-corrected chi connectivity index (χ2v) is 7.37. The molecule has 0 radical (unpaired) electrons. The van der Waals surface area contributed by atoms with Crippen molar-refractivity contribution in [2.45, 2.75) is 44.4 Å². The maximum absolute atomic E-state index is 12.2. The van der Waals surface area contributed by atoms with E-state index >= 15 is 0 Å². The van der Waals surface area contributed by atoms with Gasteiger partial charge in [0.05, 0.1) is 12.7 Å². The molecule has 2 saturated heterocycles. The summed E-state index contributed by atoms with van der Waals surface area (Å²) >= 11 is 0. The smallest absolute Gasteiger partial charge is 0.258 e. The Labute approximate surface area is 143 Å². The summed E-state index contributed by atoms with van der Waals surface area (Å²) in [6, 6.07) is 8.44. The van der Waals surface area contributed by atoms with Crippen LogP contribution in [-0.4, -0.2) is 55.3 Å². The minimum absolute atomic E-state index is 0.0391. The van der Waals surface area contributed by atoms with E-state index in [1.54, 1.807) is 0 Å². The van der Waals surface area contributed by atoms with Crippen LogP contribution in [0.5, 0.6) is 5.75 Å². The Morgan fingerprint density at radius 2 is 2.17 bits per heavy atom. The number of ether oxygens (including phenoxy) is 2. The zero-order valence-corrected chi connectivity index (χ0v) is 14.2. The highest BCUT2D eigenvalue weighted by Crippen LogP contribution is 2.37. The highest BCUT2D eigenvalue weighted by molar-refractivity contribution is 5.78. The number of fused-ring (bicyclic) bond motifs is 1. The van der Waals surface area contributed by atoms with Crippen LogP contribution >= 0.6 is 0 Å². The fourth-order valence-electron chi connectivity index (χ4n) is 3.89. The van der Waals surface area contributed by atoms with Gasteiger partial charge >= 0.3 is 0 Å². The first-order valence-corrected chi connectivity index (χ1v) is 9.02. The van der Waals surface area contributed by atoms with Crippen molar-refractivity contribution in [3.8, 4) is 5.75 Å². The Kier molecular flexibility index (Phi) is 4.46. The summed E-state index contributed by atoms with van der Waals surface area (Å²) in [7, 11) is 0. The van der Waals surface area contributed by atoms with E-state index in [4.69, 9.17) is 9.47 Å². The van der Waals surface area contributed by atoms with Gasteiger partial charge in [-0.15, -0.1) is 0 Å². The van der Waals surface area contributed by atoms with Crippen LogP contribution in [0.25, 0.3) is 0 Å². The fourth-order valence-corrected chi connectivity index (χ4v) is 3.89. The van der Waals surface area contributed by atoms with Crippen molar-refractivity contribution in [3.63, 3.8) is 0 Å². The molecule has 2 heterocycles. The maximum Gasteiger partial charge on any atom is 0.258 e. The molecular weight excluding hydrogens is 304 g/mol. The Hall–Kier alpha value is -1.59. The minimum Gasteiger partial charge on any atom is -0.484 e. The summed E-state index contributed by atoms with van der Waals surface area (Å²) in [5.41, 5.74) is 1.05. The van der Waals surface area contributed by atoms with E-state index in [1.165, 1.54) is 12.8 Å². The number of para-hydroxylation sites is 1. The van der Waals surface area contributed by atoms with Gasteiger partial charge in [0.25, 0.3) is 5.91 Å². The Bertz CT molecular complexity index is 602. The minimum atomic E-state index is -0.0391. The molecular formula is C19H26N2O3. The zero-order chi connectivity index (χ0) is 16.5. The van der Waals surface area contributed by atoms with E-state index in [1.807, 2.05) is 31.2 Å². The Morgan fingerprint density at radius 1 is 1.33 bits per heavy atom. The summed E-state index contributed by atoms with van der Waals surface area (Å²) in [5, 5.41) is 3.12. The van der Waals surface area contributed by atoms with Crippen LogP contribution < -0.4 is 10.1 Å². The van der Waals surface area contributed by atoms with Crippen molar-refractivity contribution in [2.24, 2.45) is 5.92 Å². The predicted octanol–water partition coefficient (Wildman–Crippen LogP) is 1.74. The molecule has 130 valence electrons. The van der Waals surface area contributed by atoms with Crippen LogP contribution in [-0.2, 0) is 9.53 Å². The average molecular weight is 330 g/mol. The number of morpholine rings is 1. The number of amides is 1. The summed E-state index contributed by atoms with van der Waals surface area (Å²) in [5.74, 6) is 1.52. The number of nitrogens with zero attached hydrogens (tertiary/aromatic N) is 1. The van der Waals surface area contributed by atoms with Crippen molar-refractivity contribution in [1.82, 2.24) is 10.2 Å². The van der Waals surface area contributed by atoms with Crippen LogP contribution in [0.3, 0.4) is 0 Å². The second kappa shape index (κ2) is 6.73. The van der Waals surface area contributed by atoms with E-state index < -0.39 is 0 Å². The lowest BCUT2D eigenvalue weighted by Crippen LogP contribution is -2.47. The van der Waals surface area contributed by atoms with Crippen molar-refractivity contribution in [3.05, 3.63) is 29.8 Å². The molecule has 3 aliphatic rings. The molecule has 2 aliphatic heterocycles. The first-order valence-electron chi connectivity index (χ1n) is 9.02. The Morgan fingerprint density at radius 3 is 2.96 bits per heavy atom. The zero-order valence-electron chi connectivity index (χ0n) is 14.2. The van der Waals surface area contributed by atoms with Gasteiger partial charge in [-0.05, 0) is 43.7 Å². The Balaban J connectivity index is 1.24. The standard InChI is InChI=1S/C19H26N2O3/c1-13-4-2-3-5-17(13)24-12-19(22)20-15-8-16-11-23-18(14-6-7-14)10-21(16)9-15/h2-5,14-16,18H,6-12H2,1H3,(H,20,22)/t15-,16-,18-/m0/s1. The SMILES string of the molecule is Cc1ccccc1OCC(=O)N[C@H]1C[C@H]2CO[C@H](C3CC3)CN2C1. The second-order valence-electron chi connectivity index (χ2n) is 7.37. The number of carbonyl (C=O) groups is 1. The molecule has 1 saturated carbocycles. The first-order chi connectivity index (χ1) is 11.7. The molecule has 1 aromatic carbocycles. The molecule has 4 rings (SSSR count). The molecule has 1 amide bonds. The molecule has 0 bridgehead atoms. The van der Waals surface area contributed by atoms with Gasteiger partial charge in [0.15, 0.2) is 6.61 Å². The number of aryl methyl sites for hydroxylation is 1. The van der Waals surface area contributed by atoms with Crippen LogP contribution in [0.1, 0.15) is 24.8 Å². The normalized spacial score (nSPS) is 30.0. The molecule has 24 heavy (non-hydrogen) atoms. The molecule has 5 heteroatoms. The van der Waals surface area contributed by atoms with E-state index in [0.717, 1.165) is 43.3 Å². The molecule has 1 aromatic rings. The summed E-state index contributed by atoms with van der Waals surface area (Å²) in [6.45, 7) is 4.84. The third-order valence-electron chi connectivity index (χ3n) is 5.41. The summed E-state index contributed by atoms with van der Waals surface area (Å²) < 4.78 is 11.6. The lowest BCUT2D eigenvalue weighted by atomic mass is 10.1. The molecule has 0 spiro atoms. The van der Waals surface area contributed by atoms with E-state index in [0.29, 0.717) is 12.1 Å². The van der Waals surface area contributed by atoms with E-state index in [-0.39, 0.29) is 18.6 Å². The van der Waals surface area contributed by atoms with Gasteiger partial charge in [0, 0.05) is 25.2 Å². The number of hydrogen-bond acceptors (Lipinski definition) is 4. The van der Waals surface area contributed by atoms with Crippen molar-refractivity contribution in [2.75, 3.05) is 26.3 Å². The highest BCUT2D eigenvalue weighted by Gasteiger charge is 2.42. The van der Waals surface area contributed by atoms with Crippen molar-refractivity contribution >= 4 is 5.91 Å². The van der Waals surface area contributed by atoms with Gasteiger partial charge in [-0.25, -0.2) is 0 Å². The van der Waals surface area contributed by atoms with E-state index in [2.05, 4.69) is 10.2 Å². The highest BCUT2D eigenvalue weighted by atomic mass is 16.5. The van der Waals surface area contributed by atoms with Gasteiger partial charge in [-0.1, -0.05) is 18.2 Å². The fraction of sp³-hybridized carbons (Fsp3) is 0.632. The molecule has 0 aromatic heterocycles. The largest absolute Gasteiger partial charge is 0.484 e. The molecule has 3 atom stereocenters. The number of benzene rings is 1. The van der Waals surface area contributed by atoms with Crippen LogP contribution in [0, 0.1) is 12.8 Å². The lowest BCUT2D eigenvalue weighted by Gasteiger charge is -2.35. The average Bonchev–Trinajstić information content (AvgIpc) is 3.34. The monoisotopic (exact) mass is 330 g/mol. The molecule has 1 N–H and O–H groups in total. The molecule has 0 unspecified atom stereocenters. The quantitative estimate of drug-likeness (QED) is 0.893. The van der Waals surface area contributed by atoms with Gasteiger partial charge in [0.1, 0.15) is 5.75 Å². The molecule has 3 fully saturated rings. The number of rotatable bonds is 5. The van der Waals surface area contributed by atoms with Gasteiger partial charge in [-0.3, -0.25) is 9.69 Å². The molecule has 1 aliphatic carbocycles. The third-order valence-corrected chi connectivity index (χ3v) is 5.41. The molecule has 5 nitrogen and oxygen atoms in total. The van der Waals surface area contributed by atoms with Crippen LogP contribution in [0.2, 0.25) is 0 Å². The van der Waals surface area contributed by atoms with Crippen LogP contribution in [0.15, 0.2) is 24.3 Å². The van der Waals surface area contributed by atoms with Gasteiger partial charge in [-0.2, -0.15) is 0 Å². The summed E-state index contributed by atoms with van der Waals surface area (Å²) in [6.07, 6.45) is 4.03. The number of nitrogens with one attached hydrogen (secondary N) is 1. The van der Waals surface area contributed by atoms with E-state index in [9.17, 15) is 4.79 Å². The first kappa shape index (κ1) is 15.9. The van der Waals surface area contributed by atoms with Gasteiger partial charge < -0.3 is 14.8 Å². The number of hydrogen-bond donors (Lipinski definition) is 1. The maximum atomic E-state index is 12.2. The van der Waals surface area contributed by atoms with Gasteiger partial charge in [0.2, 0.25) is 0 Å².